The monoisotopic (exact) mass is 442 g/mol. The van der Waals surface area contributed by atoms with E-state index >= 15 is 0 Å². The Morgan fingerprint density at radius 3 is 2.70 bits per heavy atom. The molecule has 4 aromatic rings. The third-order valence-corrected chi connectivity index (χ3v) is 5.74. The Hall–Kier alpha value is -3.73. The fourth-order valence-electron chi connectivity index (χ4n) is 3.98. The standard InChI is InChI=1S/C26H23FN4O2/c27-21-7-3-19(4-8-21)17-33-26-23(20-5-1-18(14-28)2-6-20)13-25-24(30-26)9-11-31(25)16-22-15-29-10-12-32-22/h1-9,11,13,22,29H,10,12,15-17H2/t22-/m1/s1. The summed E-state index contributed by atoms with van der Waals surface area (Å²) in [5.74, 6) is 0.208. The lowest BCUT2D eigenvalue weighted by atomic mass is 10.0. The van der Waals surface area contributed by atoms with Gasteiger partial charge in [-0.2, -0.15) is 5.26 Å². The van der Waals surface area contributed by atoms with E-state index in [0.717, 1.165) is 47.4 Å². The minimum absolute atomic E-state index is 0.0992. The number of morpholine rings is 1. The molecule has 1 fully saturated rings. The molecule has 166 valence electrons. The van der Waals surface area contributed by atoms with Gasteiger partial charge < -0.3 is 19.4 Å². The minimum Gasteiger partial charge on any atom is -0.472 e. The van der Waals surface area contributed by atoms with Gasteiger partial charge in [-0.1, -0.05) is 24.3 Å². The van der Waals surface area contributed by atoms with Gasteiger partial charge in [-0.25, -0.2) is 9.37 Å². The molecule has 3 heterocycles. The van der Waals surface area contributed by atoms with E-state index in [1.54, 1.807) is 24.3 Å². The van der Waals surface area contributed by atoms with Crippen molar-refractivity contribution in [1.29, 1.82) is 5.26 Å². The first-order chi connectivity index (χ1) is 16.2. The van der Waals surface area contributed by atoms with E-state index in [-0.39, 0.29) is 18.5 Å². The molecule has 1 N–H and O–H groups in total. The molecule has 5 rings (SSSR count). The number of hydrogen-bond donors (Lipinski definition) is 1. The van der Waals surface area contributed by atoms with Crippen molar-refractivity contribution in [3.05, 3.63) is 83.8 Å². The minimum atomic E-state index is -0.282. The smallest absolute Gasteiger partial charge is 0.222 e. The number of fused-ring (bicyclic) bond motifs is 1. The van der Waals surface area contributed by atoms with Crippen LogP contribution in [0.3, 0.4) is 0 Å². The van der Waals surface area contributed by atoms with Gasteiger partial charge in [0, 0.05) is 24.8 Å². The van der Waals surface area contributed by atoms with E-state index in [1.807, 2.05) is 24.4 Å². The van der Waals surface area contributed by atoms with Crippen LogP contribution in [0.25, 0.3) is 22.2 Å². The highest BCUT2D eigenvalue weighted by atomic mass is 19.1. The summed E-state index contributed by atoms with van der Waals surface area (Å²) in [7, 11) is 0. The Morgan fingerprint density at radius 2 is 1.97 bits per heavy atom. The molecule has 1 aliphatic heterocycles. The summed E-state index contributed by atoms with van der Waals surface area (Å²) < 4.78 is 27.4. The number of nitrogens with zero attached hydrogens (tertiary/aromatic N) is 3. The normalized spacial score (nSPS) is 15.9. The molecular weight excluding hydrogens is 419 g/mol. The van der Waals surface area contributed by atoms with E-state index in [0.29, 0.717) is 18.1 Å². The number of benzene rings is 2. The van der Waals surface area contributed by atoms with Crippen molar-refractivity contribution < 1.29 is 13.9 Å². The molecule has 2 aromatic carbocycles. The zero-order valence-electron chi connectivity index (χ0n) is 18.0. The summed E-state index contributed by atoms with van der Waals surface area (Å²) >= 11 is 0. The van der Waals surface area contributed by atoms with Crippen molar-refractivity contribution in [2.24, 2.45) is 0 Å². The number of hydrogen-bond acceptors (Lipinski definition) is 5. The Balaban J connectivity index is 1.50. The van der Waals surface area contributed by atoms with Crippen molar-refractivity contribution in [2.45, 2.75) is 19.3 Å². The Kier molecular flexibility index (Phi) is 6.03. The summed E-state index contributed by atoms with van der Waals surface area (Å²) in [6.45, 7) is 3.39. The maximum atomic E-state index is 13.3. The van der Waals surface area contributed by atoms with Crippen LogP contribution in [-0.2, 0) is 17.9 Å². The molecule has 33 heavy (non-hydrogen) atoms. The van der Waals surface area contributed by atoms with Gasteiger partial charge in [0.2, 0.25) is 5.88 Å². The number of ether oxygens (including phenoxy) is 2. The predicted octanol–water partition coefficient (Wildman–Crippen LogP) is 4.28. The highest BCUT2D eigenvalue weighted by Crippen LogP contribution is 2.33. The van der Waals surface area contributed by atoms with E-state index < -0.39 is 0 Å². The molecule has 0 spiro atoms. The predicted molar refractivity (Wildman–Crippen MR) is 123 cm³/mol. The summed E-state index contributed by atoms with van der Waals surface area (Å²) in [5, 5.41) is 12.5. The maximum absolute atomic E-state index is 13.3. The lowest BCUT2D eigenvalue weighted by Gasteiger charge is -2.24. The van der Waals surface area contributed by atoms with Gasteiger partial charge in [0.15, 0.2) is 0 Å². The molecule has 0 radical (unpaired) electrons. The van der Waals surface area contributed by atoms with Crippen LogP contribution < -0.4 is 10.1 Å². The van der Waals surface area contributed by atoms with Gasteiger partial charge in [-0.15, -0.1) is 0 Å². The second-order valence-electron chi connectivity index (χ2n) is 8.01. The van der Waals surface area contributed by atoms with Crippen molar-refractivity contribution in [3.63, 3.8) is 0 Å². The van der Waals surface area contributed by atoms with E-state index in [9.17, 15) is 4.39 Å². The third-order valence-electron chi connectivity index (χ3n) is 5.74. The number of pyridine rings is 1. The first kappa shape index (κ1) is 21.1. The number of aromatic nitrogens is 2. The Bertz CT molecular complexity index is 1290. The SMILES string of the molecule is N#Cc1ccc(-c2cc3c(ccn3C[C@H]3CNCCO3)nc2OCc2ccc(F)cc2)cc1. The van der Waals surface area contributed by atoms with Gasteiger partial charge in [0.05, 0.1) is 41.9 Å². The average molecular weight is 442 g/mol. The molecule has 0 unspecified atom stereocenters. The zero-order chi connectivity index (χ0) is 22.6. The van der Waals surface area contributed by atoms with Crippen LogP contribution in [0.1, 0.15) is 11.1 Å². The van der Waals surface area contributed by atoms with Crippen LogP contribution in [0.2, 0.25) is 0 Å². The van der Waals surface area contributed by atoms with E-state index in [1.165, 1.54) is 12.1 Å². The van der Waals surface area contributed by atoms with Crippen molar-refractivity contribution >= 4 is 11.0 Å². The van der Waals surface area contributed by atoms with Gasteiger partial charge in [-0.3, -0.25) is 0 Å². The van der Waals surface area contributed by atoms with Crippen LogP contribution in [0, 0.1) is 17.1 Å². The van der Waals surface area contributed by atoms with Gasteiger partial charge in [-0.05, 0) is 47.5 Å². The first-order valence-electron chi connectivity index (χ1n) is 10.9. The summed E-state index contributed by atoms with van der Waals surface area (Å²) in [6.07, 6.45) is 2.11. The molecule has 7 heteroatoms. The summed E-state index contributed by atoms with van der Waals surface area (Å²) in [5.41, 5.74) is 4.98. The van der Waals surface area contributed by atoms with Crippen LogP contribution in [0.5, 0.6) is 5.88 Å². The molecule has 0 aliphatic carbocycles. The molecule has 1 aliphatic rings. The molecule has 0 bridgehead atoms. The number of halogens is 1. The fourth-order valence-corrected chi connectivity index (χ4v) is 3.98. The topological polar surface area (TPSA) is 72.1 Å². The Labute approximate surface area is 191 Å². The third kappa shape index (κ3) is 4.72. The maximum Gasteiger partial charge on any atom is 0.222 e. The fraction of sp³-hybridized carbons (Fsp3) is 0.231. The molecule has 0 amide bonds. The second-order valence-corrected chi connectivity index (χ2v) is 8.01. The van der Waals surface area contributed by atoms with Crippen molar-refractivity contribution in [1.82, 2.24) is 14.9 Å². The first-order valence-corrected chi connectivity index (χ1v) is 10.9. The largest absolute Gasteiger partial charge is 0.472 e. The molecule has 0 saturated carbocycles. The van der Waals surface area contributed by atoms with Crippen LogP contribution >= 0.6 is 0 Å². The zero-order valence-corrected chi connectivity index (χ0v) is 18.0. The average Bonchev–Trinajstić information content (AvgIpc) is 3.25. The number of nitriles is 1. The number of rotatable bonds is 6. The lowest BCUT2D eigenvalue weighted by Crippen LogP contribution is -2.40. The molecule has 1 atom stereocenters. The molecule has 1 saturated heterocycles. The second kappa shape index (κ2) is 9.41. The van der Waals surface area contributed by atoms with Crippen molar-refractivity contribution in [3.8, 4) is 23.1 Å². The quantitative estimate of drug-likeness (QED) is 0.483. The van der Waals surface area contributed by atoms with Crippen molar-refractivity contribution in [2.75, 3.05) is 19.7 Å². The van der Waals surface area contributed by atoms with Gasteiger partial charge in [0.25, 0.3) is 0 Å². The van der Waals surface area contributed by atoms with Gasteiger partial charge in [0.1, 0.15) is 12.4 Å². The highest BCUT2D eigenvalue weighted by Gasteiger charge is 2.18. The molecular formula is C26H23FN4O2. The highest BCUT2D eigenvalue weighted by molar-refractivity contribution is 5.84. The van der Waals surface area contributed by atoms with Crippen LogP contribution in [-0.4, -0.2) is 35.4 Å². The summed E-state index contributed by atoms with van der Waals surface area (Å²) in [6, 6.07) is 19.8. The van der Waals surface area contributed by atoms with E-state index in [2.05, 4.69) is 22.0 Å². The summed E-state index contributed by atoms with van der Waals surface area (Å²) in [4.78, 5) is 4.80. The lowest BCUT2D eigenvalue weighted by molar-refractivity contribution is 0.0189. The van der Waals surface area contributed by atoms with E-state index in [4.69, 9.17) is 19.7 Å². The van der Waals surface area contributed by atoms with Crippen LogP contribution in [0.4, 0.5) is 4.39 Å². The Morgan fingerprint density at radius 1 is 1.15 bits per heavy atom. The molecule has 6 nitrogen and oxygen atoms in total. The van der Waals surface area contributed by atoms with Gasteiger partial charge >= 0.3 is 0 Å². The number of nitrogens with one attached hydrogen (secondary N) is 1. The molecule has 2 aromatic heterocycles. The van der Waals surface area contributed by atoms with Crippen LogP contribution in [0.15, 0.2) is 66.9 Å².